The van der Waals surface area contributed by atoms with Crippen LogP contribution in [0.15, 0.2) is 36.7 Å². The molecule has 0 spiro atoms. The number of alkyl halides is 3. The predicted octanol–water partition coefficient (Wildman–Crippen LogP) is 0.610. The van der Waals surface area contributed by atoms with E-state index in [0.29, 0.717) is 22.8 Å². The van der Waals surface area contributed by atoms with Crippen molar-refractivity contribution in [1.82, 2.24) is 20.0 Å². The van der Waals surface area contributed by atoms with Gasteiger partial charge < -0.3 is 19.4 Å². The minimum Gasteiger partial charge on any atom is -0.545 e. The van der Waals surface area contributed by atoms with Gasteiger partial charge in [-0.1, -0.05) is 6.07 Å². The zero-order valence-electron chi connectivity index (χ0n) is 18.9. The van der Waals surface area contributed by atoms with Crippen molar-refractivity contribution in [3.63, 3.8) is 0 Å². The number of benzene rings is 1. The van der Waals surface area contributed by atoms with Crippen LogP contribution in [-0.4, -0.2) is 37.6 Å². The second kappa shape index (κ2) is 9.86. The number of aromatic nitrogens is 4. The molecule has 0 amide bonds. The summed E-state index contributed by atoms with van der Waals surface area (Å²) in [5.41, 5.74) is -1.33. The molecular weight excluding hydrogens is 452 g/mol. The third kappa shape index (κ3) is 6.36. The summed E-state index contributed by atoms with van der Waals surface area (Å²) in [6.07, 6.45) is -2.61. The number of ether oxygens (including phenoxy) is 2. The van der Waals surface area contributed by atoms with Crippen molar-refractivity contribution in [2.24, 2.45) is 0 Å². The summed E-state index contributed by atoms with van der Waals surface area (Å²) >= 11 is 0. The van der Waals surface area contributed by atoms with E-state index in [1.165, 1.54) is 18.5 Å². The van der Waals surface area contributed by atoms with Gasteiger partial charge in [-0.2, -0.15) is 23.0 Å². The molecule has 9 nitrogen and oxygen atoms in total. The number of rotatable bonds is 4. The van der Waals surface area contributed by atoms with Crippen LogP contribution in [-0.2, 0) is 10.9 Å². The molecule has 0 bridgehead atoms. The molecule has 13 heteroatoms. The van der Waals surface area contributed by atoms with E-state index in [0.717, 1.165) is 4.68 Å². The molecule has 3 aromatic rings. The van der Waals surface area contributed by atoms with Gasteiger partial charge in [-0.15, -0.1) is 10.2 Å². The first-order chi connectivity index (χ1) is 15.2. The number of halogens is 3. The topological polar surface area (TPSA) is 119 Å². The SMILES string of the molecule is Cc1cc(-c2cnn(C(=O)OC(C)(C)C)c2)ccc1Oc1nnc(C(F)(F)F)cc1C(=O)[O-].[Li+]. The third-order valence-electron chi connectivity index (χ3n) is 4.15. The van der Waals surface area contributed by atoms with Crippen LogP contribution in [0.4, 0.5) is 18.0 Å². The summed E-state index contributed by atoms with van der Waals surface area (Å²) in [5.74, 6) is -2.40. The Bertz CT molecular complexity index is 1220. The second-order valence-corrected chi connectivity index (χ2v) is 7.97. The Morgan fingerprint density at radius 2 is 1.74 bits per heavy atom. The van der Waals surface area contributed by atoms with E-state index in [9.17, 15) is 27.9 Å². The number of aryl methyl sites for hydroxylation is 1. The van der Waals surface area contributed by atoms with Gasteiger partial charge >= 0.3 is 31.1 Å². The smallest absolute Gasteiger partial charge is 0.545 e. The summed E-state index contributed by atoms with van der Waals surface area (Å²) < 4.78 is 50.1. The molecule has 0 saturated heterocycles. The van der Waals surface area contributed by atoms with Gasteiger partial charge in [-0.05, 0) is 57.0 Å². The minimum atomic E-state index is -4.88. The Kier molecular flexibility index (Phi) is 7.80. The van der Waals surface area contributed by atoms with E-state index >= 15 is 0 Å². The fraction of sp³-hybridized carbons (Fsp3) is 0.286. The van der Waals surface area contributed by atoms with Crippen LogP contribution in [0.2, 0.25) is 0 Å². The van der Waals surface area contributed by atoms with Crippen LogP contribution >= 0.6 is 0 Å². The fourth-order valence-corrected chi connectivity index (χ4v) is 2.67. The van der Waals surface area contributed by atoms with Crippen LogP contribution in [0.5, 0.6) is 11.6 Å². The van der Waals surface area contributed by atoms with Gasteiger partial charge in [0.05, 0.1) is 17.7 Å². The van der Waals surface area contributed by atoms with Gasteiger partial charge in [-0.3, -0.25) is 0 Å². The largest absolute Gasteiger partial charge is 1.00 e. The molecule has 0 fully saturated rings. The number of hydrogen-bond acceptors (Lipinski definition) is 8. The Morgan fingerprint density at radius 3 is 2.29 bits per heavy atom. The number of carbonyl (C=O) groups excluding carboxylic acids is 2. The van der Waals surface area contributed by atoms with Crippen LogP contribution in [0.3, 0.4) is 0 Å². The van der Waals surface area contributed by atoms with Gasteiger partial charge in [0.2, 0.25) is 5.88 Å². The first-order valence-corrected chi connectivity index (χ1v) is 9.48. The van der Waals surface area contributed by atoms with Crippen molar-refractivity contribution >= 4 is 12.1 Å². The van der Waals surface area contributed by atoms with Crippen LogP contribution in [0, 0.1) is 6.92 Å². The minimum absolute atomic E-state index is 0. The molecule has 1 aromatic carbocycles. The summed E-state index contributed by atoms with van der Waals surface area (Å²) in [6.45, 7) is 6.81. The molecule has 0 atom stereocenters. The Hall–Kier alpha value is -3.36. The van der Waals surface area contributed by atoms with Crippen molar-refractivity contribution in [3.8, 4) is 22.8 Å². The van der Waals surface area contributed by atoms with Crippen molar-refractivity contribution in [1.29, 1.82) is 0 Å². The van der Waals surface area contributed by atoms with Crippen LogP contribution in [0.25, 0.3) is 11.1 Å². The molecule has 0 unspecified atom stereocenters. The number of hydrogen-bond donors (Lipinski definition) is 0. The summed E-state index contributed by atoms with van der Waals surface area (Å²) in [6, 6.07) is 5.01. The van der Waals surface area contributed by atoms with E-state index in [4.69, 9.17) is 9.47 Å². The molecule has 2 heterocycles. The quantitative estimate of drug-likeness (QED) is 0.509. The normalized spacial score (nSPS) is 11.5. The van der Waals surface area contributed by atoms with Gasteiger partial charge in [0.15, 0.2) is 5.69 Å². The summed E-state index contributed by atoms with van der Waals surface area (Å²) in [5, 5.41) is 21.5. The molecule has 0 N–H and O–H groups in total. The number of carboxylic acid groups (broad SMARTS) is 1. The van der Waals surface area contributed by atoms with Gasteiger partial charge in [0.1, 0.15) is 11.4 Å². The molecule has 0 radical (unpaired) electrons. The molecule has 174 valence electrons. The molecule has 0 aliphatic carbocycles. The van der Waals surface area contributed by atoms with Gasteiger partial charge in [0.25, 0.3) is 0 Å². The standard InChI is InChI=1S/C21H19F3N4O5.Li/c1-11-7-12(13-9-25-28(10-13)19(31)33-20(2,3)4)5-6-15(11)32-17-14(18(29)30)8-16(26-27-17)21(22,23)24;/h5-10H,1-4H3,(H,29,30);/q;+1/p-1. The summed E-state index contributed by atoms with van der Waals surface area (Å²) in [7, 11) is 0. The zero-order valence-corrected chi connectivity index (χ0v) is 18.9. The van der Waals surface area contributed by atoms with E-state index in [1.54, 1.807) is 39.8 Å². The van der Waals surface area contributed by atoms with Crippen molar-refractivity contribution in [3.05, 3.63) is 53.5 Å². The maximum absolute atomic E-state index is 12.8. The monoisotopic (exact) mass is 470 g/mol. The average molecular weight is 470 g/mol. The zero-order chi connectivity index (χ0) is 24.6. The Balaban J connectivity index is 0.00000408. The summed E-state index contributed by atoms with van der Waals surface area (Å²) in [4.78, 5) is 23.4. The van der Waals surface area contributed by atoms with Crippen molar-refractivity contribution in [2.45, 2.75) is 39.5 Å². The molecule has 0 saturated carbocycles. The average Bonchev–Trinajstić information content (AvgIpc) is 3.18. The first kappa shape index (κ1) is 26.9. The van der Waals surface area contributed by atoms with E-state index in [1.807, 2.05) is 0 Å². The second-order valence-electron chi connectivity index (χ2n) is 7.97. The molecule has 2 aromatic heterocycles. The predicted molar refractivity (Wildman–Crippen MR) is 105 cm³/mol. The van der Waals surface area contributed by atoms with E-state index in [-0.39, 0.29) is 24.6 Å². The molecule has 34 heavy (non-hydrogen) atoms. The molecule has 3 rings (SSSR count). The van der Waals surface area contributed by atoms with Crippen LogP contribution < -0.4 is 28.7 Å². The maximum Gasteiger partial charge on any atom is 1.00 e. The van der Waals surface area contributed by atoms with E-state index in [2.05, 4.69) is 15.3 Å². The van der Waals surface area contributed by atoms with Crippen molar-refractivity contribution < 1.29 is 56.2 Å². The maximum atomic E-state index is 12.8. The number of nitrogens with zero attached hydrogens (tertiary/aromatic N) is 4. The molecular formula is C21H18F3LiN4O5. The van der Waals surface area contributed by atoms with Crippen LogP contribution in [0.1, 0.15) is 42.4 Å². The third-order valence-corrected chi connectivity index (χ3v) is 4.15. The Morgan fingerprint density at radius 1 is 1.06 bits per heavy atom. The fourth-order valence-electron chi connectivity index (χ4n) is 2.67. The van der Waals surface area contributed by atoms with Crippen molar-refractivity contribution in [2.75, 3.05) is 0 Å². The van der Waals surface area contributed by atoms with Gasteiger partial charge in [0, 0.05) is 11.8 Å². The van der Waals surface area contributed by atoms with Gasteiger partial charge in [-0.25, -0.2) is 4.79 Å². The van der Waals surface area contributed by atoms with E-state index < -0.39 is 41.0 Å². The number of carboxylic acids is 1. The molecule has 0 aliphatic heterocycles. The Labute approximate surface area is 204 Å². The number of aromatic carboxylic acids is 1. The molecule has 0 aliphatic rings. The number of carbonyl (C=O) groups is 2. The first-order valence-electron chi connectivity index (χ1n) is 9.48.